The maximum atomic E-state index is 13.1. The van der Waals surface area contributed by atoms with Crippen molar-refractivity contribution in [3.8, 4) is 0 Å². The van der Waals surface area contributed by atoms with E-state index in [0.717, 1.165) is 114 Å². The van der Waals surface area contributed by atoms with Gasteiger partial charge in [-0.05, 0) is 49.4 Å². The Morgan fingerprint density at radius 1 is 0.280 bits per heavy atom. The van der Waals surface area contributed by atoms with E-state index in [1.807, 2.05) is 0 Å². The first kappa shape index (κ1) is 98.1. The predicted molar refractivity (Wildman–Crippen MR) is 409 cm³/mol. The van der Waals surface area contributed by atoms with Gasteiger partial charge >= 0.3 is 39.5 Å². The van der Waals surface area contributed by atoms with Crippen LogP contribution >= 0.6 is 15.6 Å². The minimum Gasteiger partial charge on any atom is -0.462 e. The van der Waals surface area contributed by atoms with Gasteiger partial charge in [0.2, 0.25) is 0 Å². The molecule has 0 aromatic rings. The molecule has 3 unspecified atom stereocenters. The number of hydrogen-bond acceptors (Lipinski definition) is 15. The largest absolute Gasteiger partial charge is 0.472 e. The second kappa shape index (κ2) is 70.1. The van der Waals surface area contributed by atoms with Crippen LogP contribution in [-0.2, 0) is 65.4 Å². The third kappa shape index (κ3) is 73.0. The molecule has 19 heteroatoms. The summed E-state index contributed by atoms with van der Waals surface area (Å²) < 4.78 is 68.7. The van der Waals surface area contributed by atoms with E-state index in [2.05, 4.69) is 55.4 Å². The highest BCUT2D eigenvalue weighted by Gasteiger charge is 2.30. The highest BCUT2D eigenvalue weighted by molar-refractivity contribution is 7.47. The maximum absolute atomic E-state index is 13.1. The average molecular weight is 1470 g/mol. The molecule has 0 aliphatic carbocycles. The summed E-state index contributed by atoms with van der Waals surface area (Å²) in [6, 6.07) is 0. The Balaban J connectivity index is 5.22. The van der Waals surface area contributed by atoms with Crippen LogP contribution in [0.5, 0.6) is 0 Å². The lowest BCUT2D eigenvalue weighted by atomic mass is 9.99. The van der Waals surface area contributed by atoms with E-state index in [0.29, 0.717) is 25.7 Å². The minimum atomic E-state index is -4.96. The summed E-state index contributed by atoms with van der Waals surface area (Å²) in [5.74, 6) is 1.01. The van der Waals surface area contributed by atoms with Gasteiger partial charge < -0.3 is 33.8 Å². The Labute approximate surface area is 613 Å². The van der Waals surface area contributed by atoms with Gasteiger partial charge in [0.25, 0.3) is 0 Å². The lowest BCUT2D eigenvalue weighted by Crippen LogP contribution is -2.30. The van der Waals surface area contributed by atoms with E-state index in [1.165, 1.54) is 218 Å². The summed E-state index contributed by atoms with van der Waals surface area (Å²) >= 11 is 0. The number of unbranched alkanes of at least 4 members (excludes halogenated alkanes) is 43. The molecule has 0 amide bonds. The Kier molecular flexibility index (Phi) is 68.7. The van der Waals surface area contributed by atoms with Crippen LogP contribution in [0.1, 0.15) is 415 Å². The number of esters is 4. The highest BCUT2D eigenvalue weighted by atomic mass is 31.2. The molecule has 17 nitrogen and oxygen atoms in total. The number of carbonyl (C=O) groups excluding carboxylic acids is 4. The van der Waals surface area contributed by atoms with E-state index in [4.69, 9.17) is 37.0 Å². The maximum Gasteiger partial charge on any atom is 0.472 e. The van der Waals surface area contributed by atoms with E-state index in [9.17, 15) is 43.2 Å². The molecule has 0 fully saturated rings. The summed E-state index contributed by atoms with van der Waals surface area (Å²) in [7, 11) is -9.92. The zero-order valence-electron chi connectivity index (χ0n) is 65.8. The molecule has 0 aromatic carbocycles. The molecule has 6 atom stereocenters. The van der Waals surface area contributed by atoms with Crippen LogP contribution in [0.25, 0.3) is 0 Å². The van der Waals surface area contributed by atoms with Gasteiger partial charge in [0.05, 0.1) is 26.4 Å². The van der Waals surface area contributed by atoms with Crippen molar-refractivity contribution in [3.63, 3.8) is 0 Å². The van der Waals surface area contributed by atoms with E-state index >= 15 is 0 Å². The molecule has 100 heavy (non-hydrogen) atoms. The molecule has 0 aliphatic rings. The van der Waals surface area contributed by atoms with Crippen LogP contribution in [0, 0.1) is 23.7 Å². The summed E-state index contributed by atoms with van der Waals surface area (Å²) in [6.07, 6.45) is 56.9. The van der Waals surface area contributed by atoms with Crippen molar-refractivity contribution in [3.05, 3.63) is 0 Å². The van der Waals surface area contributed by atoms with Gasteiger partial charge in [-0.3, -0.25) is 37.3 Å². The number of aliphatic hydroxyl groups is 1. The van der Waals surface area contributed by atoms with Crippen molar-refractivity contribution in [2.24, 2.45) is 23.7 Å². The third-order valence-electron chi connectivity index (χ3n) is 19.2. The standard InChI is InChI=1S/C81H158O17P2/c1-9-74(8)60-52-44-36-28-20-16-14-12-10-11-13-15-17-21-30-39-47-55-63-80(85)97-76(67-91-78(83)61-53-45-37-29-22-18-19-25-33-41-49-57-71(2)3)69-95-99(87,88)93-65-75(82)66-94-100(89,90)96-70-77(98-81(86)64-56-48-40-32-24-27-35-43-51-59-73(6)7)68-92-79(84)62-54-46-38-31-23-26-34-42-50-58-72(4)5/h71-77,82H,9-70H2,1-8H3,(H,87,88)(H,89,90)/t74?,75-,76-,77-/m1/s1. The lowest BCUT2D eigenvalue weighted by Gasteiger charge is -2.21. The molecule has 0 heterocycles. The number of hydrogen-bond donors (Lipinski definition) is 3. The number of aliphatic hydroxyl groups excluding tert-OH is 1. The number of carbonyl (C=O) groups is 4. The lowest BCUT2D eigenvalue weighted by molar-refractivity contribution is -0.161. The van der Waals surface area contributed by atoms with Crippen molar-refractivity contribution < 1.29 is 80.2 Å². The van der Waals surface area contributed by atoms with Crippen LogP contribution in [0.3, 0.4) is 0 Å². The van der Waals surface area contributed by atoms with Crippen LogP contribution in [-0.4, -0.2) is 96.7 Å². The van der Waals surface area contributed by atoms with Crippen LogP contribution < -0.4 is 0 Å². The van der Waals surface area contributed by atoms with Crippen LogP contribution in [0.2, 0.25) is 0 Å². The molecule has 3 N–H and O–H groups in total. The molecule has 0 radical (unpaired) electrons. The molecule has 0 spiro atoms. The van der Waals surface area contributed by atoms with Gasteiger partial charge in [-0.25, -0.2) is 9.13 Å². The second-order valence-corrected chi connectivity index (χ2v) is 33.7. The van der Waals surface area contributed by atoms with Crippen LogP contribution in [0.4, 0.5) is 0 Å². The summed E-state index contributed by atoms with van der Waals surface area (Å²) in [5.41, 5.74) is 0. The fourth-order valence-electron chi connectivity index (χ4n) is 12.4. The van der Waals surface area contributed by atoms with Gasteiger partial charge in [-0.15, -0.1) is 0 Å². The zero-order valence-corrected chi connectivity index (χ0v) is 67.6. The summed E-state index contributed by atoms with van der Waals surface area (Å²) in [5, 5.41) is 10.6. The number of phosphoric ester groups is 2. The van der Waals surface area contributed by atoms with Crippen LogP contribution in [0.15, 0.2) is 0 Å². The highest BCUT2D eigenvalue weighted by Crippen LogP contribution is 2.45. The van der Waals surface area contributed by atoms with Crippen molar-refractivity contribution in [2.75, 3.05) is 39.6 Å². The zero-order chi connectivity index (χ0) is 73.8. The Morgan fingerprint density at radius 2 is 0.480 bits per heavy atom. The molecule has 0 saturated carbocycles. The Morgan fingerprint density at radius 3 is 0.710 bits per heavy atom. The van der Waals surface area contributed by atoms with Gasteiger partial charge in [-0.1, -0.05) is 364 Å². The third-order valence-corrected chi connectivity index (χ3v) is 21.1. The van der Waals surface area contributed by atoms with Crippen molar-refractivity contribution in [2.45, 2.75) is 433 Å². The molecule has 594 valence electrons. The van der Waals surface area contributed by atoms with E-state index in [-0.39, 0.29) is 25.7 Å². The van der Waals surface area contributed by atoms with Gasteiger partial charge in [0.1, 0.15) is 19.3 Å². The first-order chi connectivity index (χ1) is 48.1. The molecule has 0 aliphatic heterocycles. The summed E-state index contributed by atoms with van der Waals surface area (Å²) in [4.78, 5) is 73.0. The molecule has 0 aromatic heterocycles. The van der Waals surface area contributed by atoms with Gasteiger partial charge in [-0.2, -0.15) is 0 Å². The summed E-state index contributed by atoms with van der Waals surface area (Å²) in [6.45, 7) is 14.3. The van der Waals surface area contributed by atoms with Crippen molar-refractivity contribution in [1.29, 1.82) is 0 Å². The molecule has 0 rings (SSSR count). The Bertz CT molecular complexity index is 1960. The first-order valence-corrected chi connectivity index (χ1v) is 44.7. The SMILES string of the molecule is CCC(C)CCCCCCCCCCCCCCCCCCCCC(=O)O[C@H](COC(=O)CCCCCCCCCCCCCC(C)C)COP(=O)(O)OC[C@@H](O)COP(=O)(O)OC[C@@H](COC(=O)CCCCCCCCCCCC(C)C)OC(=O)CCCCCCCCCCCC(C)C. The Hall–Kier alpha value is -1.94. The van der Waals surface area contributed by atoms with E-state index < -0.39 is 97.5 Å². The number of rotatable bonds is 78. The number of phosphoric acid groups is 2. The van der Waals surface area contributed by atoms with Crippen molar-refractivity contribution in [1.82, 2.24) is 0 Å². The molecule has 0 saturated heterocycles. The fourth-order valence-corrected chi connectivity index (χ4v) is 14.0. The molecular formula is C81H158O17P2. The molecular weight excluding hydrogens is 1310 g/mol. The van der Waals surface area contributed by atoms with Crippen molar-refractivity contribution >= 4 is 39.5 Å². The fraction of sp³-hybridized carbons (Fsp3) is 0.951. The predicted octanol–water partition coefficient (Wildman–Crippen LogP) is 24.0. The monoisotopic (exact) mass is 1470 g/mol. The van der Waals surface area contributed by atoms with Gasteiger partial charge in [0.15, 0.2) is 12.2 Å². The molecule has 0 bridgehead atoms. The number of ether oxygens (including phenoxy) is 4. The topological polar surface area (TPSA) is 237 Å². The van der Waals surface area contributed by atoms with E-state index in [1.54, 1.807) is 0 Å². The van der Waals surface area contributed by atoms with Gasteiger partial charge in [0, 0.05) is 25.7 Å². The average Bonchev–Trinajstić information content (AvgIpc) is 1.03. The normalized spacial score (nSPS) is 14.3. The smallest absolute Gasteiger partial charge is 0.462 e. The quantitative estimate of drug-likeness (QED) is 0.0222. The first-order valence-electron chi connectivity index (χ1n) is 41.7. The second-order valence-electron chi connectivity index (χ2n) is 30.8. The minimum absolute atomic E-state index is 0.105.